The highest BCUT2D eigenvalue weighted by Crippen LogP contribution is 2.29. The first-order chi connectivity index (χ1) is 15.6. The molecule has 0 aliphatic carbocycles. The normalized spacial score (nSPS) is 11.9. The molecule has 0 fully saturated rings. The Balaban J connectivity index is 0.000000245. The summed E-state index contributed by atoms with van der Waals surface area (Å²) in [6, 6.07) is 21.9. The summed E-state index contributed by atoms with van der Waals surface area (Å²) in [6.45, 7) is 7.62. The molecule has 0 aliphatic rings. The van der Waals surface area contributed by atoms with E-state index < -0.39 is 17.7 Å². The first-order valence-electron chi connectivity index (χ1n) is 10.9. The molecule has 1 atom stereocenters. The third-order valence-electron chi connectivity index (χ3n) is 5.13. The molecule has 0 amide bonds. The van der Waals surface area contributed by atoms with Gasteiger partial charge in [0.25, 0.3) is 0 Å². The van der Waals surface area contributed by atoms with Crippen LogP contribution in [0, 0.1) is 6.92 Å². The molecule has 0 aromatic heterocycles. The van der Waals surface area contributed by atoms with Crippen molar-refractivity contribution in [2.45, 2.75) is 45.8 Å². The smallest absolute Gasteiger partial charge is 0.416 e. The van der Waals surface area contributed by atoms with Gasteiger partial charge in [-0.15, -0.1) is 0 Å². The van der Waals surface area contributed by atoms with Crippen molar-refractivity contribution in [3.05, 3.63) is 95.1 Å². The number of alkyl halides is 3. The van der Waals surface area contributed by atoms with Gasteiger partial charge >= 0.3 is 12.1 Å². The van der Waals surface area contributed by atoms with Gasteiger partial charge in [-0.3, -0.25) is 4.79 Å². The van der Waals surface area contributed by atoms with Crippen molar-refractivity contribution in [1.82, 2.24) is 5.32 Å². The van der Waals surface area contributed by atoms with Gasteiger partial charge in [-0.05, 0) is 61.2 Å². The molecule has 3 aromatic rings. The van der Waals surface area contributed by atoms with Gasteiger partial charge in [-0.2, -0.15) is 13.2 Å². The average Bonchev–Trinajstić information content (AvgIpc) is 2.78. The lowest BCUT2D eigenvalue weighted by Crippen LogP contribution is -2.19. The summed E-state index contributed by atoms with van der Waals surface area (Å²) in [5.74, 6) is -1.07. The number of rotatable bonds is 7. The highest BCUT2D eigenvalue weighted by Gasteiger charge is 2.29. The third kappa shape index (κ3) is 8.39. The van der Waals surface area contributed by atoms with Gasteiger partial charge in [0.05, 0.1) is 12.0 Å². The Morgan fingerprint density at radius 1 is 0.970 bits per heavy atom. The highest BCUT2D eigenvalue weighted by molar-refractivity contribution is 5.70. The fraction of sp³-hybridized carbons (Fsp3) is 0.296. The van der Waals surface area contributed by atoms with Crippen LogP contribution in [0.1, 0.15) is 48.6 Å². The maximum Gasteiger partial charge on any atom is 0.416 e. The summed E-state index contributed by atoms with van der Waals surface area (Å²) in [5.41, 5.74) is 4.89. The largest absolute Gasteiger partial charge is 0.481 e. The minimum Gasteiger partial charge on any atom is -0.481 e. The van der Waals surface area contributed by atoms with Crippen molar-refractivity contribution in [3.63, 3.8) is 0 Å². The maximum absolute atomic E-state index is 12.1. The number of aliphatic carboxylic acids is 1. The molecule has 0 bridgehead atoms. The Hall–Kier alpha value is -3.12. The zero-order valence-corrected chi connectivity index (χ0v) is 19.1. The van der Waals surface area contributed by atoms with E-state index in [0.717, 1.165) is 37.2 Å². The van der Waals surface area contributed by atoms with Crippen molar-refractivity contribution in [2.24, 2.45) is 0 Å². The Bertz CT molecular complexity index is 1010. The summed E-state index contributed by atoms with van der Waals surface area (Å²) in [6.07, 6.45) is -3.48. The van der Waals surface area contributed by atoms with E-state index in [1.807, 2.05) is 0 Å². The monoisotopic (exact) mass is 457 g/mol. The fourth-order valence-corrected chi connectivity index (χ4v) is 3.33. The average molecular weight is 458 g/mol. The molecule has 0 spiro atoms. The first-order valence-corrected chi connectivity index (χ1v) is 10.9. The Morgan fingerprint density at radius 3 is 2.12 bits per heavy atom. The number of nitrogens with one attached hydrogen (secondary N) is 1. The molecule has 3 aromatic carbocycles. The number of carboxylic acids is 1. The van der Waals surface area contributed by atoms with Crippen molar-refractivity contribution in [1.29, 1.82) is 0 Å². The summed E-state index contributed by atoms with van der Waals surface area (Å²) < 4.78 is 36.2. The molecule has 0 saturated carbocycles. The van der Waals surface area contributed by atoms with E-state index in [0.29, 0.717) is 11.6 Å². The Labute approximate surface area is 193 Å². The van der Waals surface area contributed by atoms with Crippen LogP contribution in [0.4, 0.5) is 13.2 Å². The molecule has 33 heavy (non-hydrogen) atoms. The lowest BCUT2D eigenvalue weighted by molar-refractivity contribution is -0.137. The Kier molecular flexibility index (Phi) is 9.67. The van der Waals surface area contributed by atoms with Crippen LogP contribution in [0.3, 0.4) is 0 Å². The second-order valence-corrected chi connectivity index (χ2v) is 7.89. The van der Waals surface area contributed by atoms with E-state index in [1.165, 1.54) is 22.3 Å². The van der Waals surface area contributed by atoms with Gasteiger partial charge in [0.1, 0.15) is 0 Å². The van der Waals surface area contributed by atoms with Gasteiger partial charge in [0.15, 0.2) is 0 Å². The molecular weight excluding hydrogens is 427 g/mol. The minimum atomic E-state index is -4.37. The topological polar surface area (TPSA) is 49.3 Å². The summed E-state index contributed by atoms with van der Waals surface area (Å²) in [5, 5.41) is 11.9. The fourth-order valence-electron chi connectivity index (χ4n) is 3.33. The van der Waals surface area contributed by atoms with E-state index >= 15 is 0 Å². The van der Waals surface area contributed by atoms with E-state index in [1.54, 1.807) is 0 Å². The van der Waals surface area contributed by atoms with Crippen LogP contribution >= 0.6 is 0 Å². The summed E-state index contributed by atoms with van der Waals surface area (Å²) in [4.78, 5) is 10.2. The summed E-state index contributed by atoms with van der Waals surface area (Å²) in [7, 11) is 0. The van der Waals surface area contributed by atoms with E-state index in [9.17, 15) is 18.0 Å². The highest BCUT2D eigenvalue weighted by atomic mass is 19.4. The summed E-state index contributed by atoms with van der Waals surface area (Å²) >= 11 is 0. The van der Waals surface area contributed by atoms with Gasteiger partial charge < -0.3 is 10.4 Å². The molecule has 176 valence electrons. The molecule has 6 heteroatoms. The molecule has 0 heterocycles. The van der Waals surface area contributed by atoms with Gasteiger partial charge in [-0.25, -0.2) is 0 Å². The van der Waals surface area contributed by atoms with Crippen LogP contribution in [0.25, 0.3) is 11.1 Å². The van der Waals surface area contributed by atoms with Crippen LogP contribution in [0.15, 0.2) is 72.8 Å². The van der Waals surface area contributed by atoms with Crippen molar-refractivity contribution in [2.75, 3.05) is 6.54 Å². The van der Waals surface area contributed by atoms with Gasteiger partial charge in [-0.1, -0.05) is 73.2 Å². The second-order valence-electron chi connectivity index (χ2n) is 7.89. The molecule has 0 aliphatic heterocycles. The van der Waals surface area contributed by atoms with Crippen LogP contribution < -0.4 is 5.32 Å². The number of halogens is 3. The van der Waals surface area contributed by atoms with Gasteiger partial charge in [0.2, 0.25) is 0 Å². The number of carboxylic acid groups (broad SMARTS) is 1. The predicted molar refractivity (Wildman–Crippen MR) is 126 cm³/mol. The second kappa shape index (κ2) is 12.2. The van der Waals surface area contributed by atoms with Crippen molar-refractivity contribution < 1.29 is 23.1 Å². The number of benzene rings is 3. The standard InChI is InChI=1S/C18H23N.C9H7F3O2/c1-4-13-19-15(3)17-7-5-6-8-18(17)16-11-9-14(2)10-12-16;10-9(11,12)7-3-1-6(2-4-7)5-8(13)14/h5-12,15,19H,4,13H2,1-3H3;1-4H,5H2,(H,13,14). The van der Waals surface area contributed by atoms with E-state index in [2.05, 4.69) is 74.6 Å². The molecule has 3 rings (SSSR count). The van der Waals surface area contributed by atoms with E-state index in [4.69, 9.17) is 5.11 Å². The molecular formula is C27H30F3NO2. The van der Waals surface area contributed by atoms with Crippen LogP contribution in [-0.4, -0.2) is 17.6 Å². The quantitative estimate of drug-likeness (QED) is 0.399. The number of hydrogen-bond donors (Lipinski definition) is 2. The van der Waals surface area contributed by atoms with Crippen LogP contribution in [0.5, 0.6) is 0 Å². The number of aryl methyl sites for hydroxylation is 1. The zero-order valence-electron chi connectivity index (χ0n) is 19.1. The maximum atomic E-state index is 12.1. The van der Waals surface area contributed by atoms with Gasteiger partial charge in [0, 0.05) is 6.04 Å². The lowest BCUT2D eigenvalue weighted by atomic mass is 9.95. The molecule has 0 saturated heterocycles. The third-order valence-corrected chi connectivity index (χ3v) is 5.13. The lowest BCUT2D eigenvalue weighted by Gasteiger charge is -2.18. The van der Waals surface area contributed by atoms with Crippen molar-refractivity contribution >= 4 is 5.97 Å². The van der Waals surface area contributed by atoms with Crippen molar-refractivity contribution in [3.8, 4) is 11.1 Å². The number of hydrogen-bond acceptors (Lipinski definition) is 2. The Morgan fingerprint density at radius 2 is 1.58 bits per heavy atom. The molecule has 3 nitrogen and oxygen atoms in total. The van der Waals surface area contributed by atoms with Crippen LogP contribution in [-0.2, 0) is 17.4 Å². The van der Waals surface area contributed by atoms with E-state index in [-0.39, 0.29) is 6.42 Å². The zero-order chi connectivity index (χ0) is 24.4. The molecule has 2 N–H and O–H groups in total. The SMILES string of the molecule is CCCNC(C)c1ccccc1-c1ccc(C)cc1.O=C(O)Cc1ccc(C(F)(F)F)cc1. The number of carbonyl (C=O) groups is 1. The predicted octanol–water partition coefficient (Wildman–Crippen LogP) is 7.06. The molecule has 1 unspecified atom stereocenters. The van der Waals surface area contributed by atoms with Crippen LogP contribution in [0.2, 0.25) is 0 Å². The molecule has 0 radical (unpaired) electrons. The minimum absolute atomic E-state index is 0.266. The first kappa shape index (κ1) is 26.1.